The first-order chi connectivity index (χ1) is 15.3. The molecule has 1 fully saturated rings. The van der Waals surface area contributed by atoms with Gasteiger partial charge in [-0.05, 0) is 76.6 Å². The molecule has 1 saturated carbocycles. The second kappa shape index (κ2) is 8.09. The summed E-state index contributed by atoms with van der Waals surface area (Å²) in [4.78, 5) is 32.0. The zero-order valence-corrected chi connectivity index (χ0v) is 21.4. The predicted octanol–water partition coefficient (Wildman–Crippen LogP) is 4.37. The minimum absolute atomic E-state index is 0.108. The van der Waals surface area contributed by atoms with Crippen molar-refractivity contribution in [3.05, 3.63) is 29.0 Å². The van der Waals surface area contributed by atoms with Gasteiger partial charge in [0.05, 0.1) is 26.6 Å². The van der Waals surface area contributed by atoms with E-state index in [4.69, 9.17) is 0 Å². The molecule has 4 rings (SSSR count). The van der Waals surface area contributed by atoms with Crippen LogP contribution in [-0.4, -0.2) is 40.9 Å². The van der Waals surface area contributed by atoms with E-state index in [-0.39, 0.29) is 17.9 Å². The Kier molecular flexibility index (Phi) is 5.81. The highest BCUT2D eigenvalue weighted by Gasteiger charge is 2.41. The zero-order chi connectivity index (χ0) is 24.3. The summed E-state index contributed by atoms with van der Waals surface area (Å²) >= 11 is 1.32. The Balaban J connectivity index is 1.82. The van der Waals surface area contributed by atoms with Gasteiger partial charge in [-0.1, -0.05) is 11.3 Å². The van der Waals surface area contributed by atoms with E-state index >= 15 is 0 Å². The van der Waals surface area contributed by atoms with Gasteiger partial charge in [0, 0.05) is 19.5 Å². The SMILES string of the molecule is CC(=O)Nc1nc(C)c(-c2cc3c(c(NS(=O)(=O)C(C)(C)C)c2)C(=O)N(C(C)C2CC2)C3)s1. The lowest BCUT2D eigenvalue weighted by Crippen LogP contribution is -2.36. The van der Waals surface area contributed by atoms with E-state index in [2.05, 4.69) is 21.9 Å². The Morgan fingerprint density at radius 2 is 1.94 bits per heavy atom. The van der Waals surface area contributed by atoms with Crippen LogP contribution < -0.4 is 10.0 Å². The van der Waals surface area contributed by atoms with E-state index in [1.807, 2.05) is 17.9 Å². The maximum atomic E-state index is 13.4. The van der Waals surface area contributed by atoms with Crippen molar-refractivity contribution in [3.8, 4) is 10.4 Å². The van der Waals surface area contributed by atoms with Gasteiger partial charge in [-0.3, -0.25) is 14.3 Å². The topological polar surface area (TPSA) is 108 Å². The lowest BCUT2D eigenvalue weighted by Gasteiger charge is -2.24. The highest BCUT2D eigenvalue weighted by molar-refractivity contribution is 7.94. The minimum atomic E-state index is -3.75. The Morgan fingerprint density at radius 1 is 1.27 bits per heavy atom. The average Bonchev–Trinajstić information content (AvgIpc) is 3.39. The summed E-state index contributed by atoms with van der Waals surface area (Å²) in [5.41, 5.74) is 3.00. The van der Waals surface area contributed by atoms with Crippen molar-refractivity contribution in [2.75, 3.05) is 10.0 Å². The average molecular weight is 491 g/mol. The Hall–Kier alpha value is -2.46. The van der Waals surface area contributed by atoms with E-state index in [1.165, 1.54) is 18.3 Å². The van der Waals surface area contributed by atoms with Crippen LogP contribution in [0.25, 0.3) is 10.4 Å². The van der Waals surface area contributed by atoms with Crippen LogP contribution in [0.5, 0.6) is 0 Å². The standard InChI is InChI=1S/C23H30N4O4S2/c1-12-20(32-22(24-12)25-14(3)28)16-9-17-11-27(13(2)15-7-8-15)21(29)19(17)18(10-16)26-33(30,31)23(4,5)6/h9-10,13,15,26H,7-8,11H2,1-6H3,(H,24,25,28). The summed E-state index contributed by atoms with van der Waals surface area (Å²) in [6, 6.07) is 3.76. The molecule has 0 saturated heterocycles. The Bertz CT molecular complexity index is 1240. The number of aromatic nitrogens is 1. The van der Waals surface area contributed by atoms with Crippen LogP contribution in [0.1, 0.15) is 69.1 Å². The first kappa shape index (κ1) is 23.7. The van der Waals surface area contributed by atoms with Crippen LogP contribution in [0.4, 0.5) is 10.8 Å². The van der Waals surface area contributed by atoms with Gasteiger partial charge < -0.3 is 10.2 Å². The molecule has 1 atom stereocenters. The molecule has 2 amide bonds. The normalized spacial score (nSPS) is 17.2. The van der Waals surface area contributed by atoms with Crippen LogP contribution in [-0.2, 0) is 21.4 Å². The number of carbonyl (C=O) groups excluding carboxylic acids is 2. The maximum absolute atomic E-state index is 13.4. The van der Waals surface area contributed by atoms with Crippen molar-refractivity contribution in [1.29, 1.82) is 0 Å². The molecule has 10 heteroatoms. The summed E-state index contributed by atoms with van der Waals surface area (Å²) in [6.45, 7) is 10.6. The number of aryl methyl sites for hydroxylation is 1. The van der Waals surface area contributed by atoms with Gasteiger partial charge in [0.25, 0.3) is 5.91 Å². The molecule has 33 heavy (non-hydrogen) atoms. The van der Waals surface area contributed by atoms with Gasteiger partial charge in [0.2, 0.25) is 15.9 Å². The lowest BCUT2D eigenvalue weighted by atomic mass is 10.0. The van der Waals surface area contributed by atoms with Crippen LogP contribution >= 0.6 is 11.3 Å². The molecule has 1 aliphatic heterocycles. The Labute approximate surface area is 198 Å². The second-order valence-electron chi connectivity index (χ2n) is 9.90. The van der Waals surface area contributed by atoms with Crippen molar-refractivity contribution in [2.24, 2.45) is 5.92 Å². The summed E-state index contributed by atoms with van der Waals surface area (Å²) in [6.07, 6.45) is 2.23. The number of nitrogens with one attached hydrogen (secondary N) is 2. The number of nitrogens with zero attached hydrogens (tertiary/aromatic N) is 2. The number of amides is 2. The third-order valence-corrected chi connectivity index (χ3v) is 9.45. The molecule has 0 spiro atoms. The molecular weight excluding hydrogens is 460 g/mol. The van der Waals surface area contributed by atoms with E-state index in [1.54, 1.807) is 26.8 Å². The number of sulfonamides is 1. The molecule has 2 N–H and O–H groups in total. The quantitative estimate of drug-likeness (QED) is 0.625. The third kappa shape index (κ3) is 4.50. The van der Waals surface area contributed by atoms with Crippen LogP contribution in [0, 0.1) is 12.8 Å². The van der Waals surface area contributed by atoms with Gasteiger partial charge in [0.1, 0.15) is 0 Å². The van der Waals surface area contributed by atoms with Crippen molar-refractivity contribution in [2.45, 2.75) is 71.7 Å². The predicted molar refractivity (Wildman–Crippen MR) is 131 cm³/mol. The van der Waals surface area contributed by atoms with E-state index in [0.29, 0.717) is 28.8 Å². The Morgan fingerprint density at radius 3 is 2.52 bits per heavy atom. The number of hydrogen-bond donors (Lipinski definition) is 2. The van der Waals surface area contributed by atoms with Crippen LogP contribution in [0.15, 0.2) is 12.1 Å². The van der Waals surface area contributed by atoms with Gasteiger partial charge in [0.15, 0.2) is 5.13 Å². The molecule has 0 bridgehead atoms. The zero-order valence-electron chi connectivity index (χ0n) is 19.8. The fourth-order valence-electron chi connectivity index (χ4n) is 4.02. The molecule has 1 aromatic carbocycles. The van der Waals surface area contributed by atoms with Gasteiger partial charge >= 0.3 is 0 Å². The minimum Gasteiger partial charge on any atom is -0.331 e. The third-order valence-electron chi connectivity index (χ3n) is 6.22. The summed E-state index contributed by atoms with van der Waals surface area (Å²) < 4.78 is 27.7. The second-order valence-corrected chi connectivity index (χ2v) is 13.3. The first-order valence-corrected chi connectivity index (χ1v) is 13.3. The number of fused-ring (bicyclic) bond motifs is 1. The monoisotopic (exact) mass is 490 g/mol. The van der Waals surface area contributed by atoms with E-state index in [9.17, 15) is 18.0 Å². The number of carbonyl (C=O) groups is 2. The summed E-state index contributed by atoms with van der Waals surface area (Å²) in [7, 11) is -3.75. The molecule has 2 aromatic rings. The highest BCUT2D eigenvalue weighted by Crippen LogP contribution is 2.43. The fourth-order valence-corrected chi connectivity index (χ4v) is 5.77. The molecule has 178 valence electrons. The highest BCUT2D eigenvalue weighted by atomic mass is 32.2. The van der Waals surface area contributed by atoms with Gasteiger partial charge in [-0.15, -0.1) is 0 Å². The molecule has 1 aromatic heterocycles. The molecule has 1 unspecified atom stereocenters. The van der Waals surface area contributed by atoms with Crippen LogP contribution in [0.2, 0.25) is 0 Å². The van der Waals surface area contributed by atoms with Gasteiger partial charge in [-0.2, -0.15) is 0 Å². The molecule has 0 radical (unpaired) electrons. The van der Waals surface area contributed by atoms with Crippen molar-refractivity contribution in [3.63, 3.8) is 0 Å². The fraction of sp³-hybridized carbons (Fsp3) is 0.522. The van der Waals surface area contributed by atoms with E-state index in [0.717, 1.165) is 34.5 Å². The molecule has 8 nitrogen and oxygen atoms in total. The summed E-state index contributed by atoms with van der Waals surface area (Å²) in [5, 5.41) is 3.18. The molecule has 2 aliphatic rings. The number of hydrogen-bond acceptors (Lipinski definition) is 6. The molecular formula is C23H30N4O4S2. The lowest BCUT2D eigenvalue weighted by molar-refractivity contribution is -0.114. The number of rotatable bonds is 6. The molecule has 2 heterocycles. The van der Waals surface area contributed by atoms with Crippen LogP contribution in [0.3, 0.4) is 0 Å². The number of benzene rings is 1. The van der Waals surface area contributed by atoms with Crippen molar-refractivity contribution < 1.29 is 18.0 Å². The van der Waals surface area contributed by atoms with E-state index < -0.39 is 14.8 Å². The first-order valence-electron chi connectivity index (χ1n) is 11.0. The van der Waals surface area contributed by atoms with Crippen molar-refractivity contribution in [1.82, 2.24) is 9.88 Å². The maximum Gasteiger partial charge on any atom is 0.256 e. The van der Waals surface area contributed by atoms with Crippen molar-refractivity contribution >= 4 is 44.0 Å². The number of thiazole rings is 1. The summed E-state index contributed by atoms with van der Waals surface area (Å²) in [5.74, 6) is 0.155. The molecule has 1 aliphatic carbocycles. The smallest absolute Gasteiger partial charge is 0.256 e. The number of anilines is 2. The largest absolute Gasteiger partial charge is 0.331 e. The van der Waals surface area contributed by atoms with Gasteiger partial charge in [-0.25, -0.2) is 13.4 Å².